The molecular formula is C17H24N4O3. The van der Waals surface area contributed by atoms with Crippen molar-refractivity contribution < 1.29 is 9.53 Å². The first-order valence-corrected chi connectivity index (χ1v) is 8.25. The minimum Gasteiger partial charge on any atom is -0.444 e. The number of nitriles is 1. The summed E-state index contributed by atoms with van der Waals surface area (Å²) in [5.41, 5.74) is -0.429. The summed E-state index contributed by atoms with van der Waals surface area (Å²) in [6.45, 7) is 7.40. The average Bonchev–Trinajstić information content (AvgIpc) is 2.53. The van der Waals surface area contributed by atoms with E-state index in [2.05, 4.69) is 5.10 Å². The Morgan fingerprint density at radius 2 is 2.04 bits per heavy atom. The largest absolute Gasteiger partial charge is 0.444 e. The van der Waals surface area contributed by atoms with Crippen LogP contribution in [0.1, 0.15) is 45.7 Å². The van der Waals surface area contributed by atoms with E-state index in [4.69, 9.17) is 10.00 Å². The van der Waals surface area contributed by atoms with E-state index in [9.17, 15) is 9.59 Å². The second-order valence-corrected chi connectivity index (χ2v) is 7.09. The third-order valence-electron chi connectivity index (χ3n) is 4.00. The maximum absolute atomic E-state index is 12.0. The molecular weight excluding hydrogens is 308 g/mol. The van der Waals surface area contributed by atoms with Gasteiger partial charge in [0, 0.05) is 25.7 Å². The van der Waals surface area contributed by atoms with Crippen LogP contribution in [-0.4, -0.2) is 39.5 Å². The maximum atomic E-state index is 12.0. The fourth-order valence-electron chi connectivity index (χ4n) is 2.70. The van der Waals surface area contributed by atoms with Crippen molar-refractivity contribution in [2.45, 2.75) is 52.2 Å². The number of aromatic nitrogens is 2. The molecule has 2 heterocycles. The molecule has 1 aromatic heterocycles. The predicted octanol–water partition coefficient (Wildman–Crippen LogP) is 2.15. The SMILES string of the molecule is CC(C)(C)OC(=O)N1CCC(CCn2nc(C#N)ccc2=O)CC1. The first kappa shape index (κ1) is 18.0. The molecule has 0 spiro atoms. The van der Waals surface area contributed by atoms with Gasteiger partial charge in [-0.05, 0) is 52.0 Å². The molecule has 0 radical (unpaired) electrons. The Balaban J connectivity index is 1.83. The highest BCUT2D eigenvalue weighted by Gasteiger charge is 2.26. The molecule has 24 heavy (non-hydrogen) atoms. The Bertz CT molecular complexity index is 676. The van der Waals surface area contributed by atoms with E-state index in [0.29, 0.717) is 25.6 Å². The molecule has 0 bridgehead atoms. The first-order chi connectivity index (χ1) is 11.3. The van der Waals surface area contributed by atoms with Gasteiger partial charge >= 0.3 is 6.09 Å². The van der Waals surface area contributed by atoms with Crippen LogP contribution in [0.15, 0.2) is 16.9 Å². The van der Waals surface area contributed by atoms with Crippen LogP contribution in [0.3, 0.4) is 0 Å². The number of carbonyl (C=O) groups excluding carboxylic acids is 1. The molecule has 7 nitrogen and oxygen atoms in total. The van der Waals surface area contributed by atoms with E-state index in [1.165, 1.54) is 16.8 Å². The van der Waals surface area contributed by atoms with E-state index in [0.717, 1.165) is 19.3 Å². The summed E-state index contributed by atoms with van der Waals surface area (Å²) in [5, 5.41) is 12.9. The van der Waals surface area contributed by atoms with Crippen LogP contribution >= 0.6 is 0 Å². The van der Waals surface area contributed by atoms with Crippen LogP contribution in [0.5, 0.6) is 0 Å². The third-order valence-corrected chi connectivity index (χ3v) is 4.00. The van der Waals surface area contributed by atoms with Gasteiger partial charge in [-0.15, -0.1) is 0 Å². The Kier molecular flexibility index (Phi) is 5.60. The Labute approximate surface area is 141 Å². The number of amides is 1. The zero-order valence-corrected chi connectivity index (χ0v) is 14.5. The number of nitrogens with zero attached hydrogens (tertiary/aromatic N) is 4. The number of hydrogen-bond donors (Lipinski definition) is 0. The van der Waals surface area contributed by atoms with Crippen LogP contribution in [0, 0.1) is 17.2 Å². The van der Waals surface area contributed by atoms with Gasteiger partial charge in [0.15, 0.2) is 5.69 Å². The molecule has 1 aliphatic heterocycles. The van der Waals surface area contributed by atoms with Gasteiger partial charge in [0.05, 0.1) is 0 Å². The minimum atomic E-state index is -0.480. The second-order valence-electron chi connectivity index (χ2n) is 7.09. The van der Waals surface area contributed by atoms with Gasteiger partial charge in [0.1, 0.15) is 11.7 Å². The Hall–Kier alpha value is -2.36. The quantitative estimate of drug-likeness (QED) is 0.846. The molecule has 1 fully saturated rings. The lowest BCUT2D eigenvalue weighted by atomic mass is 9.94. The summed E-state index contributed by atoms with van der Waals surface area (Å²) in [4.78, 5) is 25.5. The normalized spacial score (nSPS) is 15.8. The van der Waals surface area contributed by atoms with Gasteiger partial charge in [0.25, 0.3) is 5.56 Å². The van der Waals surface area contributed by atoms with Crippen LogP contribution in [0.2, 0.25) is 0 Å². The third kappa shape index (κ3) is 5.08. The standard InChI is InChI=1S/C17H24N4O3/c1-17(2,3)24-16(23)20-9-6-13(7-10-20)8-11-21-15(22)5-4-14(12-18)19-21/h4-5,13H,6-11H2,1-3H3. The molecule has 0 unspecified atom stereocenters. The zero-order chi connectivity index (χ0) is 17.7. The Morgan fingerprint density at radius 3 is 2.62 bits per heavy atom. The highest BCUT2D eigenvalue weighted by molar-refractivity contribution is 5.68. The highest BCUT2D eigenvalue weighted by atomic mass is 16.6. The molecule has 0 saturated carbocycles. The van der Waals surface area contributed by atoms with Gasteiger partial charge in [0.2, 0.25) is 0 Å². The van der Waals surface area contributed by atoms with E-state index < -0.39 is 5.60 Å². The van der Waals surface area contributed by atoms with Crippen molar-refractivity contribution in [1.29, 1.82) is 5.26 Å². The second kappa shape index (κ2) is 7.47. The predicted molar refractivity (Wildman–Crippen MR) is 88.4 cm³/mol. The number of ether oxygens (including phenoxy) is 1. The summed E-state index contributed by atoms with van der Waals surface area (Å²) in [6.07, 6.45) is 2.31. The molecule has 1 aromatic rings. The maximum Gasteiger partial charge on any atom is 0.410 e. The number of carbonyl (C=O) groups is 1. The summed E-state index contributed by atoms with van der Waals surface area (Å²) < 4.78 is 6.73. The summed E-state index contributed by atoms with van der Waals surface area (Å²) >= 11 is 0. The van der Waals surface area contributed by atoms with Crippen LogP contribution in [-0.2, 0) is 11.3 Å². The fourth-order valence-corrected chi connectivity index (χ4v) is 2.70. The van der Waals surface area contributed by atoms with Crippen LogP contribution in [0.4, 0.5) is 4.79 Å². The molecule has 1 amide bonds. The van der Waals surface area contributed by atoms with Crippen molar-refractivity contribution in [3.8, 4) is 6.07 Å². The summed E-state index contributed by atoms with van der Waals surface area (Å²) in [7, 11) is 0. The molecule has 0 atom stereocenters. The first-order valence-electron chi connectivity index (χ1n) is 8.25. The summed E-state index contributed by atoms with van der Waals surface area (Å²) in [6, 6.07) is 4.74. The van der Waals surface area contributed by atoms with E-state index in [1.54, 1.807) is 4.90 Å². The average molecular weight is 332 g/mol. The fraction of sp³-hybridized carbons (Fsp3) is 0.647. The lowest BCUT2D eigenvalue weighted by molar-refractivity contribution is 0.0179. The van der Waals surface area contributed by atoms with Gasteiger partial charge in [-0.2, -0.15) is 10.4 Å². The molecule has 1 saturated heterocycles. The number of hydrogen-bond acceptors (Lipinski definition) is 5. The van der Waals surface area contributed by atoms with Gasteiger partial charge in [-0.3, -0.25) is 4.79 Å². The molecule has 0 aliphatic carbocycles. The van der Waals surface area contributed by atoms with Crippen LogP contribution in [0.25, 0.3) is 0 Å². The van der Waals surface area contributed by atoms with Crippen molar-refractivity contribution in [3.05, 3.63) is 28.2 Å². The van der Waals surface area contributed by atoms with E-state index >= 15 is 0 Å². The number of piperidine rings is 1. The Morgan fingerprint density at radius 1 is 1.38 bits per heavy atom. The molecule has 130 valence electrons. The van der Waals surface area contributed by atoms with Crippen molar-refractivity contribution in [2.75, 3.05) is 13.1 Å². The van der Waals surface area contributed by atoms with Gasteiger partial charge in [-0.1, -0.05) is 0 Å². The van der Waals surface area contributed by atoms with Crippen LogP contribution < -0.4 is 5.56 Å². The minimum absolute atomic E-state index is 0.194. The van der Waals surface area contributed by atoms with E-state index in [-0.39, 0.29) is 17.3 Å². The number of rotatable bonds is 3. The van der Waals surface area contributed by atoms with Crippen molar-refractivity contribution in [3.63, 3.8) is 0 Å². The van der Waals surface area contributed by atoms with E-state index in [1.807, 2.05) is 26.8 Å². The smallest absolute Gasteiger partial charge is 0.410 e. The van der Waals surface area contributed by atoms with Gasteiger partial charge < -0.3 is 9.64 Å². The lowest BCUT2D eigenvalue weighted by Crippen LogP contribution is -2.42. The molecule has 1 aliphatic rings. The van der Waals surface area contributed by atoms with Crippen molar-refractivity contribution in [2.24, 2.45) is 5.92 Å². The molecule has 0 N–H and O–H groups in total. The topological polar surface area (TPSA) is 88.2 Å². The van der Waals surface area contributed by atoms with Crippen molar-refractivity contribution >= 4 is 6.09 Å². The summed E-state index contributed by atoms with van der Waals surface area (Å²) in [5.74, 6) is 0.433. The highest BCUT2D eigenvalue weighted by Crippen LogP contribution is 2.22. The van der Waals surface area contributed by atoms with Gasteiger partial charge in [-0.25, -0.2) is 9.48 Å². The molecule has 7 heteroatoms. The zero-order valence-electron chi connectivity index (χ0n) is 14.5. The number of aryl methyl sites for hydroxylation is 1. The lowest BCUT2D eigenvalue weighted by Gasteiger charge is -2.33. The number of likely N-dealkylation sites (tertiary alicyclic amines) is 1. The van der Waals surface area contributed by atoms with Crippen molar-refractivity contribution in [1.82, 2.24) is 14.7 Å². The molecule has 2 rings (SSSR count). The molecule has 0 aromatic carbocycles. The monoisotopic (exact) mass is 332 g/mol.